The lowest BCUT2D eigenvalue weighted by molar-refractivity contribution is -0.132. The Morgan fingerprint density at radius 2 is 1.69 bits per heavy atom. The molecule has 0 saturated heterocycles. The Morgan fingerprint density at radius 3 is 2.35 bits per heavy atom. The van der Waals surface area contributed by atoms with Crippen molar-refractivity contribution in [1.29, 1.82) is 0 Å². The van der Waals surface area contributed by atoms with Gasteiger partial charge in [0.05, 0.1) is 13.1 Å². The average Bonchev–Trinajstić information content (AvgIpc) is 2.59. The second-order valence-corrected chi connectivity index (χ2v) is 5.50. The molecular weight excluding hydrogens is 344 g/mol. The van der Waals surface area contributed by atoms with E-state index in [0.717, 1.165) is 23.1 Å². The molecule has 0 spiro atoms. The molecule has 136 valence electrons. The second kappa shape index (κ2) is 8.70. The smallest absolute Gasteiger partial charge is 0.251 e. The summed E-state index contributed by atoms with van der Waals surface area (Å²) in [6, 6.07) is 10.2. The lowest BCUT2D eigenvalue weighted by atomic mass is 10.2. The van der Waals surface area contributed by atoms with Crippen LogP contribution in [0.1, 0.15) is 10.4 Å². The number of carbonyl (C=O) groups excluding carboxylic acids is 3. The van der Waals surface area contributed by atoms with Crippen molar-refractivity contribution in [3.8, 4) is 0 Å². The van der Waals surface area contributed by atoms with Crippen LogP contribution in [-0.2, 0) is 9.59 Å². The highest BCUT2D eigenvalue weighted by atomic mass is 19.1. The van der Waals surface area contributed by atoms with Crippen molar-refractivity contribution in [2.75, 3.05) is 25.5 Å². The molecule has 2 aromatic rings. The van der Waals surface area contributed by atoms with Crippen LogP contribution in [0.2, 0.25) is 0 Å². The molecule has 0 bridgehead atoms. The highest BCUT2D eigenvalue weighted by Crippen LogP contribution is 2.08. The Kier molecular flexibility index (Phi) is 6.37. The van der Waals surface area contributed by atoms with E-state index in [-0.39, 0.29) is 24.3 Å². The summed E-state index contributed by atoms with van der Waals surface area (Å²) >= 11 is 0. The number of hydrogen-bond acceptors (Lipinski definition) is 3. The molecule has 0 aliphatic heterocycles. The maximum Gasteiger partial charge on any atom is 0.251 e. The summed E-state index contributed by atoms with van der Waals surface area (Å²) in [6.45, 7) is -0.582. The minimum Gasteiger partial charge on any atom is -0.343 e. The molecule has 3 amide bonds. The summed E-state index contributed by atoms with van der Waals surface area (Å²) in [7, 11) is 1.40. The van der Waals surface area contributed by atoms with Gasteiger partial charge in [-0.3, -0.25) is 14.4 Å². The molecule has 0 heterocycles. The topological polar surface area (TPSA) is 78.5 Å². The Morgan fingerprint density at radius 1 is 1.00 bits per heavy atom. The predicted octanol–water partition coefficient (Wildman–Crippen LogP) is 1.79. The third-order valence-electron chi connectivity index (χ3n) is 3.42. The lowest BCUT2D eigenvalue weighted by Crippen LogP contribution is -2.41. The molecule has 0 radical (unpaired) electrons. The standard InChI is InChI=1S/C18H17F2N3O3/c1-23(11-16(24)22-15-4-2-3-14(20)9-15)17(25)10-21-18(26)12-5-7-13(19)8-6-12/h2-9H,10-11H2,1H3,(H,21,26)(H,22,24). The van der Waals surface area contributed by atoms with Gasteiger partial charge in [0.2, 0.25) is 11.8 Å². The minimum atomic E-state index is -0.532. The van der Waals surface area contributed by atoms with Crippen molar-refractivity contribution in [2.24, 2.45) is 0 Å². The zero-order valence-electron chi connectivity index (χ0n) is 14.0. The molecule has 26 heavy (non-hydrogen) atoms. The zero-order chi connectivity index (χ0) is 19.1. The molecule has 0 unspecified atom stereocenters. The number of amides is 3. The van der Waals surface area contributed by atoms with E-state index in [4.69, 9.17) is 0 Å². The molecule has 6 nitrogen and oxygen atoms in total. The molecule has 0 aromatic heterocycles. The minimum absolute atomic E-state index is 0.214. The van der Waals surface area contributed by atoms with Crippen LogP contribution in [0.25, 0.3) is 0 Å². The molecule has 0 atom stereocenters. The van der Waals surface area contributed by atoms with E-state index in [2.05, 4.69) is 10.6 Å². The van der Waals surface area contributed by atoms with Gasteiger partial charge < -0.3 is 15.5 Å². The van der Waals surface area contributed by atoms with E-state index in [1.165, 1.54) is 37.4 Å². The van der Waals surface area contributed by atoms with Gasteiger partial charge in [-0.1, -0.05) is 6.07 Å². The SMILES string of the molecule is CN(CC(=O)Nc1cccc(F)c1)C(=O)CNC(=O)c1ccc(F)cc1. The van der Waals surface area contributed by atoms with Crippen molar-refractivity contribution in [3.05, 3.63) is 65.7 Å². The first kappa shape index (κ1) is 19.0. The van der Waals surface area contributed by atoms with E-state index in [9.17, 15) is 23.2 Å². The van der Waals surface area contributed by atoms with Crippen molar-refractivity contribution in [3.63, 3.8) is 0 Å². The van der Waals surface area contributed by atoms with Gasteiger partial charge >= 0.3 is 0 Å². The number of anilines is 1. The van der Waals surface area contributed by atoms with Gasteiger partial charge in [0.1, 0.15) is 11.6 Å². The van der Waals surface area contributed by atoms with Gasteiger partial charge in [-0.15, -0.1) is 0 Å². The van der Waals surface area contributed by atoms with E-state index in [1.807, 2.05) is 0 Å². The van der Waals surface area contributed by atoms with Crippen LogP contribution < -0.4 is 10.6 Å². The fraction of sp³-hybridized carbons (Fsp3) is 0.167. The summed E-state index contributed by atoms with van der Waals surface area (Å²) in [5.74, 6) is -2.49. The van der Waals surface area contributed by atoms with Crippen LogP contribution in [0.3, 0.4) is 0 Å². The number of halogens is 2. The number of benzene rings is 2. The van der Waals surface area contributed by atoms with Gasteiger partial charge in [-0.2, -0.15) is 0 Å². The fourth-order valence-electron chi connectivity index (χ4n) is 2.06. The third kappa shape index (κ3) is 5.66. The van der Waals surface area contributed by atoms with E-state index in [1.54, 1.807) is 0 Å². The molecule has 0 fully saturated rings. The first-order chi connectivity index (χ1) is 12.3. The number of rotatable bonds is 6. The van der Waals surface area contributed by atoms with Gasteiger partial charge in [-0.05, 0) is 42.5 Å². The van der Waals surface area contributed by atoms with E-state index in [0.29, 0.717) is 0 Å². The van der Waals surface area contributed by atoms with Crippen LogP contribution in [0.5, 0.6) is 0 Å². The van der Waals surface area contributed by atoms with Crippen LogP contribution in [0.4, 0.5) is 14.5 Å². The first-order valence-electron chi connectivity index (χ1n) is 7.68. The monoisotopic (exact) mass is 361 g/mol. The second-order valence-electron chi connectivity index (χ2n) is 5.50. The third-order valence-corrected chi connectivity index (χ3v) is 3.42. The van der Waals surface area contributed by atoms with E-state index >= 15 is 0 Å². The van der Waals surface area contributed by atoms with Crippen molar-refractivity contribution >= 4 is 23.4 Å². The van der Waals surface area contributed by atoms with Gasteiger partial charge in [0.15, 0.2) is 0 Å². The Hall–Kier alpha value is -3.29. The van der Waals surface area contributed by atoms with Crippen molar-refractivity contribution < 1.29 is 23.2 Å². The maximum atomic E-state index is 13.1. The summed E-state index contributed by atoms with van der Waals surface area (Å²) in [4.78, 5) is 36.8. The van der Waals surface area contributed by atoms with Gasteiger partial charge in [-0.25, -0.2) is 8.78 Å². The lowest BCUT2D eigenvalue weighted by Gasteiger charge is -2.17. The van der Waals surface area contributed by atoms with Crippen LogP contribution in [0, 0.1) is 11.6 Å². The quantitative estimate of drug-likeness (QED) is 0.823. The number of hydrogen-bond donors (Lipinski definition) is 2. The number of carbonyl (C=O) groups is 3. The van der Waals surface area contributed by atoms with Gasteiger partial charge in [0.25, 0.3) is 5.91 Å². The maximum absolute atomic E-state index is 13.1. The van der Waals surface area contributed by atoms with Crippen molar-refractivity contribution in [1.82, 2.24) is 10.2 Å². The highest BCUT2D eigenvalue weighted by Gasteiger charge is 2.15. The van der Waals surface area contributed by atoms with Crippen LogP contribution in [-0.4, -0.2) is 42.8 Å². The van der Waals surface area contributed by atoms with Crippen molar-refractivity contribution in [2.45, 2.75) is 0 Å². The number of likely N-dealkylation sites (N-methyl/N-ethyl adjacent to an activating group) is 1. The Balaban J connectivity index is 1.80. The normalized spacial score (nSPS) is 10.1. The first-order valence-corrected chi connectivity index (χ1v) is 7.68. The largest absolute Gasteiger partial charge is 0.343 e. The Bertz CT molecular complexity index is 810. The molecule has 2 rings (SSSR count). The van der Waals surface area contributed by atoms with Crippen LogP contribution in [0.15, 0.2) is 48.5 Å². The molecule has 8 heteroatoms. The summed E-state index contributed by atoms with van der Waals surface area (Å²) in [5, 5.41) is 4.86. The van der Waals surface area contributed by atoms with Gasteiger partial charge in [0, 0.05) is 18.3 Å². The summed E-state index contributed by atoms with van der Waals surface area (Å²) < 4.78 is 25.9. The number of nitrogens with one attached hydrogen (secondary N) is 2. The summed E-state index contributed by atoms with van der Waals surface area (Å²) in [6.07, 6.45) is 0. The molecule has 0 aliphatic carbocycles. The molecular formula is C18H17F2N3O3. The highest BCUT2D eigenvalue weighted by molar-refractivity contribution is 5.98. The zero-order valence-corrected chi connectivity index (χ0v) is 14.0. The molecule has 2 aromatic carbocycles. The predicted molar refractivity (Wildman–Crippen MR) is 91.4 cm³/mol. The Labute approximate surface area is 148 Å². The molecule has 0 aliphatic rings. The molecule has 2 N–H and O–H groups in total. The average molecular weight is 361 g/mol. The summed E-state index contributed by atoms with van der Waals surface area (Å²) in [5.41, 5.74) is 0.492. The van der Waals surface area contributed by atoms with Crippen LogP contribution >= 0.6 is 0 Å². The fourth-order valence-corrected chi connectivity index (χ4v) is 2.06. The number of nitrogens with zero attached hydrogens (tertiary/aromatic N) is 1. The van der Waals surface area contributed by atoms with E-state index < -0.39 is 29.4 Å². The molecule has 0 saturated carbocycles.